The summed E-state index contributed by atoms with van der Waals surface area (Å²) in [4.78, 5) is 15.3. The van der Waals surface area contributed by atoms with Gasteiger partial charge in [0.15, 0.2) is 5.82 Å². The first-order valence-corrected chi connectivity index (χ1v) is 11.6. The summed E-state index contributed by atoms with van der Waals surface area (Å²) in [6.45, 7) is 4.07. The van der Waals surface area contributed by atoms with E-state index in [0.29, 0.717) is 37.0 Å². The van der Waals surface area contributed by atoms with Crippen molar-refractivity contribution >= 4 is 23.2 Å². The summed E-state index contributed by atoms with van der Waals surface area (Å²) in [6, 6.07) is 5.05. The van der Waals surface area contributed by atoms with Gasteiger partial charge in [0.1, 0.15) is 10.8 Å². The molecule has 2 aliphatic rings. The van der Waals surface area contributed by atoms with Crippen LogP contribution in [0.15, 0.2) is 12.1 Å². The molecule has 1 aliphatic carbocycles. The Kier molecular flexibility index (Phi) is 8.50. The predicted molar refractivity (Wildman–Crippen MR) is 118 cm³/mol. The predicted octanol–water partition coefficient (Wildman–Crippen LogP) is 4.34. The number of carbonyl (C=O) groups excluding carboxylic acids is 1. The van der Waals surface area contributed by atoms with Gasteiger partial charge in [-0.25, -0.2) is 8.78 Å². The van der Waals surface area contributed by atoms with Crippen LogP contribution in [0.2, 0.25) is 5.02 Å². The molecular weight excluding hydrogens is 422 g/mol. The minimum Gasteiger partial charge on any atom is -0.370 e. The molecule has 1 heterocycles. The van der Waals surface area contributed by atoms with Gasteiger partial charge in [-0.3, -0.25) is 9.69 Å². The Hall–Kier alpha value is -1.91. The molecule has 1 atom stereocenters. The van der Waals surface area contributed by atoms with E-state index in [2.05, 4.69) is 11.0 Å². The molecule has 0 radical (unpaired) electrons. The Balaban J connectivity index is 1.39. The topological polar surface area (TPSA) is 73.4 Å². The lowest BCUT2D eigenvalue weighted by atomic mass is 9.74. The van der Waals surface area contributed by atoms with Crippen molar-refractivity contribution in [3.8, 4) is 6.07 Å². The average Bonchev–Trinajstić information content (AvgIpc) is 2.78. The van der Waals surface area contributed by atoms with Gasteiger partial charge in [-0.15, -0.1) is 0 Å². The van der Waals surface area contributed by atoms with Crippen molar-refractivity contribution in [3.63, 3.8) is 0 Å². The number of carbonyl (C=O) groups is 1. The highest BCUT2D eigenvalue weighted by Gasteiger charge is 2.28. The molecule has 1 saturated heterocycles. The number of nitrogens with zero attached hydrogens (tertiary/aromatic N) is 3. The van der Waals surface area contributed by atoms with Crippen LogP contribution in [0.1, 0.15) is 44.9 Å². The zero-order chi connectivity index (χ0) is 22.4. The van der Waals surface area contributed by atoms with Crippen molar-refractivity contribution in [2.75, 3.05) is 37.6 Å². The Morgan fingerprint density at radius 2 is 1.87 bits per heavy atom. The maximum absolute atomic E-state index is 14.3. The number of anilines is 1. The van der Waals surface area contributed by atoms with Crippen LogP contribution in [-0.2, 0) is 4.79 Å². The highest BCUT2D eigenvalue weighted by atomic mass is 35.5. The van der Waals surface area contributed by atoms with Crippen molar-refractivity contribution in [2.24, 2.45) is 23.5 Å². The van der Waals surface area contributed by atoms with Gasteiger partial charge in [0.2, 0.25) is 5.91 Å². The average molecular weight is 453 g/mol. The molecule has 31 heavy (non-hydrogen) atoms. The first-order chi connectivity index (χ1) is 14.9. The van der Waals surface area contributed by atoms with Crippen LogP contribution in [0.4, 0.5) is 14.5 Å². The monoisotopic (exact) mass is 452 g/mol. The third-order valence-electron chi connectivity index (χ3n) is 6.91. The summed E-state index contributed by atoms with van der Waals surface area (Å²) in [5, 5.41) is 8.98. The number of rotatable bonds is 8. The Morgan fingerprint density at radius 3 is 2.48 bits per heavy atom. The zero-order valence-corrected chi connectivity index (χ0v) is 18.6. The summed E-state index contributed by atoms with van der Waals surface area (Å²) in [5.41, 5.74) is 5.59. The summed E-state index contributed by atoms with van der Waals surface area (Å²) in [6.07, 6.45) is 6.32. The minimum absolute atomic E-state index is 0.0677. The lowest BCUT2D eigenvalue weighted by molar-refractivity contribution is -0.118. The quantitative estimate of drug-likeness (QED) is 0.595. The molecule has 5 nitrogen and oxygen atoms in total. The van der Waals surface area contributed by atoms with Crippen LogP contribution in [-0.4, -0.2) is 43.5 Å². The second kappa shape index (κ2) is 11.1. The highest BCUT2D eigenvalue weighted by molar-refractivity contribution is 6.31. The van der Waals surface area contributed by atoms with E-state index in [-0.39, 0.29) is 18.2 Å². The summed E-state index contributed by atoms with van der Waals surface area (Å²) in [5.74, 6) is -0.774. The van der Waals surface area contributed by atoms with Crippen molar-refractivity contribution in [1.29, 1.82) is 5.26 Å². The lowest BCUT2D eigenvalue weighted by Crippen LogP contribution is -2.47. The molecule has 2 fully saturated rings. The van der Waals surface area contributed by atoms with Gasteiger partial charge in [0, 0.05) is 38.5 Å². The van der Waals surface area contributed by atoms with Crippen LogP contribution in [0.5, 0.6) is 0 Å². The molecule has 0 aromatic heterocycles. The second-order valence-corrected chi connectivity index (χ2v) is 9.21. The van der Waals surface area contributed by atoms with Gasteiger partial charge < -0.3 is 10.6 Å². The Bertz CT molecular complexity index is 800. The molecule has 1 aliphatic heterocycles. The van der Waals surface area contributed by atoms with Crippen molar-refractivity contribution in [2.45, 2.75) is 44.9 Å². The molecule has 2 N–H and O–H groups in total. The number of hydrogen-bond donors (Lipinski definition) is 1. The smallest absolute Gasteiger partial charge is 0.217 e. The van der Waals surface area contributed by atoms with Gasteiger partial charge in [0.05, 0.1) is 11.8 Å². The number of piperazine rings is 1. The number of nitriles is 1. The molecule has 0 spiro atoms. The molecule has 1 amide bonds. The molecular formula is C23H31ClF2N4O. The fourth-order valence-electron chi connectivity index (χ4n) is 4.92. The third-order valence-corrected chi connectivity index (χ3v) is 7.26. The number of primary amides is 1. The number of benzene rings is 1. The van der Waals surface area contributed by atoms with E-state index in [9.17, 15) is 18.8 Å². The van der Waals surface area contributed by atoms with Crippen LogP contribution in [0, 0.1) is 40.7 Å². The van der Waals surface area contributed by atoms with E-state index in [1.165, 1.54) is 12.1 Å². The van der Waals surface area contributed by atoms with Crippen LogP contribution < -0.4 is 10.6 Å². The van der Waals surface area contributed by atoms with E-state index in [4.69, 9.17) is 17.3 Å². The summed E-state index contributed by atoms with van der Waals surface area (Å²) < 4.78 is 27.7. The molecule has 1 unspecified atom stereocenters. The minimum atomic E-state index is -0.731. The molecule has 1 saturated carbocycles. The molecule has 1 aromatic carbocycles. The summed E-state index contributed by atoms with van der Waals surface area (Å²) in [7, 11) is 0. The van der Waals surface area contributed by atoms with E-state index < -0.39 is 16.7 Å². The van der Waals surface area contributed by atoms with Gasteiger partial charge in [-0.2, -0.15) is 5.26 Å². The normalized spacial score (nSPS) is 23.4. The van der Waals surface area contributed by atoms with Crippen molar-refractivity contribution < 1.29 is 13.6 Å². The van der Waals surface area contributed by atoms with E-state index >= 15 is 0 Å². The van der Waals surface area contributed by atoms with Crippen molar-refractivity contribution in [3.05, 3.63) is 28.8 Å². The molecule has 1 aromatic rings. The van der Waals surface area contributed by atoms with Crippen LogP contribution in [0.25, 0.3) is 0 Å². The van der Waals surface area contributed by atoms with Crippen LogP contribution >= 0.6 is 11.6 Å². The Morgan fingerprint density at radius 1 is 1.19 bits per heavy atom. The number of amides is 1. The van der Waals surface area contributed by atoms with Gasteiger partial charge in [-0.1, -0.05) is 24.4 Å². The number of nitrogens with two attached hydrogens (primary N) is 1. The largest absolute Gasteiger partial charge is 0.370 e. The van der Waals surface area contributed by atoms with Gasteiger partial charge in [0.25, 0.3) is 0 Å². The van der Waals surface area contributed by atoms with Gasteiger partial charge in [-0.05, 0) is 56.2 Å². The van der Waals surface area contributed by atoms with Gasteiger partial charge >= 0.3 is 0 Å². The standard InChI is InChI=1S/C23H31ClF2N4O/c24-22-19(25)6-7-20(23(22)26)30-13-11-29(12-14-30)10-9-16-1-3-17(4-2-16)18(15-27)5-8-21(28)31/h6-7,16-18H,1-5,8-14H2,(H2,28,31). The molecule has 0 bridgehead atoms. The fraction of sp³-hybridized carbons (Fsp3) is 0.652. The zero-order valence-electron chi connectivity index (χ0n) is 17.8. The first-order valence-electron chi connectivity index (χ1n) is 11.2. The fourth-order valence-corrected chi connectivity index (χ4v) is 5.08. The van der Waals surface area contributed by atoms with E-state index in [1.807, 2.05) is 4.90 Å². The molecule has 170 valence electrons. The third kappa shape index (κ3) is 6.30. The molecule has 3 rings (SSSR count). The maximum Gasteiger partial charge on any atom is 0.217 e. The second-order valence-electron chi connectivity index (χ2n) is 8.83. The Labute approximate surface area is 188 Å². The summed E-state index contributed by atoms with van der Waals surface area (Å²) >= 11 is 5.71. The van der Waals surface area contributed by atoms with E-state index in [0.717, 1.165) is 51.7 Å². The SMILES string of the molecule is N#CC(CCC(N)=O)C1CCC(CCN2CCN(c3ccc(F)c(Cl)c3F)CC2)CC1. The van der Waals surface area contributed by atoms with Crippen molar-refractivity contribution in [1.82, 2.24) is 4.90 Å². The lowest BCUT2D eigenvalue weighted by Gasteiger charge is -2.37. The number of hydrogen-bond acceptors (Lipinski definition) is 4. The highest BCUT2D eigenvalue weighted by Crippen LogP contribution is 2.36. The molecule has 8 heteroatoms. The van der Waals surface area contributed by atoms with E-state index in [1.54, 1.807) is 0 Å². The first kappa shape index (κ1) is 23.7. The van der Waals surface area contributed by atoms with Crippen LogP contribution in [0.3, 0.4) is 0 Å². The maximum atomic E-state index is 14.3. The number of halogens is 3.